The summed E-state index contributed by atoms with van der Waals surface area (Å²) in [5.74, 6) is -0.358. The fourth-order valence-electron chi connectivity index (χ4n) is 4.14. The van der Waals surface area contributed by atoms with Crippen molar-refractivity contribution in [1.82, 2.24) is 9.80 Å². The highest BCUT2D eigenvalue weighted by molar-refractivity contribution is 5.93. The molecule has 0 aromatic rings. The quantitative estimate of drug-likeness (QED) is 0.399. The molecule has 2 saturated heterocycles. The van der Waals surface area contributed by atoms with E-state index in [0.717, 1.165) is 38.8 Å². The molecule has 4 nitrogen and oxygen atoms in total. The number of likely N-dealkylation sites (tertiary alicyclic amines) is 2. The maximum atomic E-state index is 12.2. The second kappa shape index (κ2) is 12.6. The molecule has 1 radical (unpaired) electrons. The van der Waals surface area contributed by atoms with Gasteiger partial charge in [0.25, 0.3) is 0 Å². The van der Waals surface area contributed by atoms with Gasteiger partial charge < -0.3 is 9.80 Å². The lowest BCUT2D eigenvalue weighted by molar-refractivity contribution is -0.121. The molecule has 0 aromatic carbocycles. The fourth-order valence-corrected chi connectivity index (χ4v) is 4.14. The number of carbonyl (C=O) groups excluding carboxylic acids is 2. The van der Waals surface area contributed by atoms with Gasteiger partial charge in [0.15, 0.2) is 0 Å². The number of hydrogen-bond donors (Lipinski definition) is 0. The molecule has 2 rings (SSSR count). The minimum Gasteiger partial charge on any atom is -0.303 e. The van der Waals surface area contributed by atoms with Crippen LogP contribution in [0.1, 0.15) is 77.0 Å². The summed E-state index contributed by atoms with van der Waals surface area (Å²) in [6, 6.07) is 0. The molecule has 2 aliphatic heterocycles. The number of carbonyl (C=O) groups is 1. The molecule has 0 bridgehead atoms. The molecule has 0 N–H and O–H groups in total. The normalized spacial score (nSPS) is 21.1. The average molecular weight is 350 g/mol. The molecule has 143 valence electrons. The van der Waals surface area contributed by atoms with Crippen LogP contribution in [0, 0.1) is 5.92 Å². The van der Waals surface area contributed by atoms with E-state index in [9.17, 15) is 9.59 Å². The summed E-state index contributed by atoms with van der Waals surface area (Å²) in [6.07, 6.45) is 15.3. The van der Waals surface area contributed by atoms with E-state index in [-0.39, 0.29) is 5.78 Å². The third-order valence-corrected chi connectivity index (χ3v) is 5.79. The standard InChI is InChI=1S/C21H37N2O2/c24-19-20(11-3-9-17-22-13-5-1-6-14-22)21(25)12-4-10-18-23-15-7-2-8-16-23/h20H,1-18H2. The molecule has 0 aliphatic carbocycles. The topological polar surface area (TPSA) is 40.6 Å². The van der Waals surface area contributed by atoms with Gasteiger partial charge in [-0.05, 0) is 90.6 Å². The second-order valence-corrected chi connectivity index (χ2v) is 7.89. The predicted octanol–water partition coefficient (Wildman–Crippen LogP) is 3.59. The molecule has 0 aromatic heterocycles. The highest BCUT2D eigenvalue weighted by Crippen LogP contribution is 2.15. The van der Waals surface area contributed by atoms with Crippen LogP contribution in [-0.4, -0.2) is 61.1 Å². The monoisotopic (exact) mass is 349 g/mol. The molecule has 25 heavy (non-hydrogen) atoms. The molecule has 0 spiro atoms. The molecule has 2 heterocycles. The number of piperidine rings is 2. The van der Waals surface area contributed by atoms with Crippen molar-refractivity contribution in [2.45, 2.75) is 77.0 Å². The van der Waals surface area contributed by atoms with E-state index < -0.39 is 5.92 Å². The van der Waals surface area contributed by atoms with Crippen molar-refractivity contribution in [1.29, 1.82) is 0 Å². The third-order valence-electron chi connectivity index (χ3n) is 5.79. The van der Waals surface area contributed by atoms with Gasteiger partial charge in [-0.1, -0.05) is 19.3 Å². The van der Waals surface area contributed by atoms with Crippen LogP contribution >= 0.6 is 0 Å². The van der Waals surface area contributed by atoms with Crippen molar-refractivity contribution in [2.75, 3.05) is 39.3 Å². The van der Waals surface area contributed by atoms with Crippen LogP contribution in [0.4, 0.5) is 0 Å². The maximum Gasteiger partial charge on any atom is 0.209 e. The molecule has 1 atom stereocenters. The second-order valence-electron chi connectivity index (χ2n) is 7.89. The van der Waals surface area contributed by atoms with E-state index in [1.807, 2.05) is 6.29 Å². The van der Waals surface area contributed by atoms with Crippen molar-refractivity contribution in [3.8, 4) is 0 Å². The average Bonchev–Trinajstić information content (AvgIpc) is 2.67. The predicted molar refractivity (Wildman–Crippen MR) is 102 cm³/mol. The zero-order chi connectivity index (χ0) is 17.7. The van der Waals surface area contributed by atoms with Crippen LogP contribution in [0.15, 0.2) is 0 Å². The minimum absolute atomic E-state index is 0.117. The molecule has 0 amide bonds. The van der Waals surface area contributed by atoms with E-state index in [2.05, 4.69) is 9.80 Å². The van der Waals surface area contributed by atoms with E-state index in [1.54, 1.807) is 0 Å². The molecule has 1 unspecified atom stereocenters. The van der Waals surface area contributed by atoms with Gasteiger partial charge in [-0.2, -0.15) is 0 Å². The van der Waals surface area contributed by atoms with E-state index >= 15 is 0 Å². The van der Waals surface area contributed by atoms with E-state index in [4.69, 9.17) is 0 Å². The Hall–Kier alpha value is -0.740. The zero-order valence-corrected chi connectivity index (χ0v) is 16.0. The summed E-state index contributed by atoms with van der Waals surface area (Å²) < 4.78 is 0. The number of hydrogen-bond acceptors (Lipinski definition) is 4. The Morgan fingerprint density at radius 1 is 0.760 bits per heavy atom. The Kier molecular flexibility index (Phi) is 10.4. The van der Waals surface area contributed by atoms with Crippen molar-refractivity contribution in [3.05, 3.63) is 0 Å². The van der Waals surface area contributed by atoms with Gasteiger partial charge in [-0.3, -0.25) is 9.59 Å². The van der Waals surface area contributed by atoms with Gasteiger partial charge in [0.05, 0.1) is 5.92 Å². The Balaban J connectivity index is 1.51. The van der Waals surface area contributed by atoms with Crippen LogP contribution in [-0.2, 0) is 9.59 Å². The van der Waals surface area contributed by atoms with Crippen molar-refractivity contribution >= 4 is 12.1 Å². The van der Waals surface area contributed by atoms with Crippen LogP contribution in [0.2, 0.25) is 0 Å². The highest BCUT2D eigenvalue weighted by Gasteiger charge is 2.18. The van der Waals surface area contributed by atoms with Crippen LogP contribution in [0.5, 0.6) is 0 Å². The van der Waals surface area contributed by atoms with Crippen molar-refractivity contribution in [2.24, 2.45) is 5.92 Å². The molecule has 2 fully saturated rings. The Morgan fingerprint density at radius 3 is 1.80 bits per heavy atom. The first-order valence-corrected chi connectivity index (χ1v) is 10.6. The van der Waals surface area contributed by atoms with Crippen LogP contribution < -0.4 is 0 Å². The number of unbranched alkanes of at least 4 members (excludes halogenated alkanes) is 2. The fraction of sp³-hybridized carbons (Fsp3) is 0.905. The van der Waals surface area contributed by atoms with Gasteiger partial charge >= 0.3 is 0 Å². The lowest BCUT2D eigenvalue weighted by Crippen LogP contribution is -2.30. The molecule has 2 aliphatic rings. The van der Waals surface area contributed by atoms with Crippen molar-refractivity contribution in [3.63, 3.8) is 0 Å². The summed E-state index contributed by atoms with van der Waals surface area (Å²) >= 11 is 0. The zero-order valence-electron chi connectivity index (χ0n) is 16.0. The summed E-state index contributed by atoms with van der Waals surface area (Å²) in [5.41, 5.74) is 0. The van der Waals surface area contributed by atoms with Crippen molar-refractivity contribution < 1.29 is 9.59 Å². The van der Waals surface area contributed by atoms with Gasteiger partial charge in [0.2, 0.25) is 6.29 Å². The number of ketones is 1. The lowest BCUT2D eigenvalue weighted by Gasteiger charge is -2.26. The summed E-state index contributed by atoms with van der Waals surface area (Å²) in [6.45, 7) is 7.11. The summed E-state index contributed by atoms with van der Waals surface area (Å²) in [4.78, 5) is 28.4. The van der Waals surface area contributed by atoms with E-state index in [0.29, 0.717) is 12.8 Å². The van der Waals surface area contributed by atoms with Gasteiger partial charge in [0, 0.05) is 6.42 Å². The maximum absolute atomic E-state index is 12.2. The first kappa shape index (κ1) is 20.6. The molecular weight excluding hydrogens is 312 g/mol. The van der Waals surface area contributed by atoms with Crippen LogP contribution in [0.3, 0.4) is 0 Å². The van der Waals surface area contributed by atoms with Gasteiger partial charge in [0.1, 0.15) is 5.78 Å². The van der Waals surface area contributed by atoms with E-state index in [1.165, 1.54) is 64.7 Å². The first-order chi connectivity index (χ1) is 12.3. The largest absolute Gasteiger partial charge is 0.303 e. The number of rotatable bonds is 12. The summed E-state index contributed by atoms with van der Waals surface area (Å²) in [5, 5.41) is 0. The van der Waals surface area contributed by atoms with Gasteiger partial charge in [-0.25, -0.2) is 0 Å². The number of nitrogens with zero attached hydrogens (tertiary/aromatic N) is 2. The number of Topliss-reactive ketones (excluding diaryl/α,β-unsaturated/α-hetero) is 1. The molecule has 0 saturated carbocycles. The Morgan fingerprint density at radius 2 is 1.28 bits per heavy atom. The Labute approximate surface area is 154 Å². The summed E-state index contributed by atoms with van der Waals surface area (Å²) in [7, 11) is 0. The molecule has 4 heteroatoms. The van der Waals surface area contributed by atoms with Crippen LogP contribution in [0.25, 0.3) is 0 Å². The minimum atomic E-state index is -0.476. The molecular formula is C21H37N2O2. The Bertz CT molecular complexity index is 374. The smallest absolute Gasteiger partial charge is 0.209 e. The SMILES string of the molecule is O=[C]C(CCCCN1CCCCC1)C(=O)CCCCN1CCCCC1. The lowest BCUT2D eigenvalue weighted by atomic mass is 9.95. The third kappa shape index (κ3) is 8.46. The van der Waals surface area contributed by atoms with Gasteiger partial charge in [-0.15, -0.1) is 0 Å². The highest BCUT2D eigenvalue weighted by atomic mass is 16.1. The first-order valence-electron chi connectivity index (χ1n) is 10.6.